The van der Waals surface area contributed by atoms with E-state index in [9.17, 15) is 0 Å². The van der Waals surface area contributed by atoms with E-state index in [4.69, 9.17) is 4.43 Å². The first-order chi connectivity index (χ1) is 8.30. The van der Waals surface area contributed by atoms with Crippen LogP contribution < -0.4 is 0 Å². The van der Waals surface area contributed by atoms with Crippen molar-refractivity contribution in [2.45, 2.75) is 64.8 Å². The molecule has 1 heterocycles. The third-order valence-corrected chi connectivity index (χ3v) is 11.0. The topological polar surface area (TPSA) is 35.0 Å². The van der Waals surface area contributed by atoms with Crippen molar-refractivity contribution < 1.29 is 4.43 Å². The molecule has 0 aliphatic carbocycles. The summed E-state index contributed by atoms with van der Waals surface area (Å²) in [5.41, 5.74) is 1.82. The van der Waals surface area contributed by atoms with Crippen LogP contribution in [0.4, 0.5) is 0 Å². The Morgan fingerprint density at radius 3 is 1.89 bits per heavy atom. The van der Waals surface area contributed by atoms with Gasteiger partial charge in [-0.15, -0.1) is 10.2 Å². The molecule has 0 spiro atoms. The highest BCUT2D eigenvalue weighted by atomic mass is 79.9. The van der Waals surface area contributed by atoms with Crippen LogP contribution in [0.1, 0.15) is 46.6 Å². The van der Waals surface area contributed by atoms with Crippen molar-refractivity contribution >= 4 is 35.6 Å². The fourth-order valence-electron chi connectivity index (χ4n) is 2.98. The molecule has 1 aromatic heterocycles. The quantitative estimate of drug-likeness (QED) is 0.677. The molecule has 0 unspecified atom stereocenters. The molecule has 0 atom stereocenters. The zero-order chi connectivity index (χ0) is 13.9. The monoisotopic (exact) mass is 350 g/mol. The minimum atomic E-state index is -1.78. The van der Waals surface area contributed by atoms with Gasteiger partial charge in [-0.25, -0.2) is 0 Å². The number of halogens is 1. The SMILES string of the molecule is CC(C)[Si](OCc1nnc(Br)s1)(C(C)C)C(C)C. The standard InChI is InChI=1S/C12H23BrN2OSSi/c1-8(2)18(9(3)4,10(5)6)16-7-11-14-15-12(13)17-11/h8-10H,7H2,1-6H3. The minimum Gasteiger partial charge on any atom is -0.409 e. The fourth-order valence-corrected chi connectivity index (χ4v) is 9.58. The largest absolute Gasteiger partial charge is 0.409 e. The van der Waals surface area contributed by atoms with Gasteiger partial charge in [-0.05, 0) is 32.6 Å². The molecule has 0 saturated carbocycles. The Labute approximate surface area is 124 Å². The fraction of sp³-hybridized carbons (Fsp3) is 0.833. The summed E-state index contributed by atoms with van der Waals surface area (Å²) in [4.78, 5) is 0. The van der Waals surface area contributed by atoms with Gasteiger partial charge in [-0.3, -0.25) is 0 Å². The summed E-state index contributed by atoms with van der Waals surface area (Å²) >= 11 is 4.90. The number of aromatic nitrogens is 2. The molecule has 0 saturated heterocycles. The lowest BCUT2D eigenvalue weighted by atomic mass is 10.5. The highest BCUT2D eigenvalue weighted by molar-refractivity contribution is 9.11. The molecule has 0 bridgehead atoms. The van der Waals surface area contributed by atoms with E-state index in [-0.39, 0.29) is 0 Å². The molecule has 0 aliphatic rings. The van der Waals surface area contributed by atoms with Gasteiger partial charge in [-0.1, -0.05) is 52.9 Å². The maximum Gasteiger partial charge on any atom is 0.200 e. The van der Waals surface area contributed by atoms with Crippen LogP contribution in [0.3, 0.4) is 0 Å². The Morgan fingerprint density at radius 1 is 1.06 bits per heavy atom. The first-order valence-corrected chi connectivity index (χ1v) is 10.2. The van der Waals surface area contributed by atoms with E-state index in [0.717, 1.165) is 8.92 Å². The van der Waals surface area contributed by atoms with Crippen LogP contribution in [-0.2, 0) is 11.0 Å². The number of nitrogens with zero attached hydrogens (tertiary/aromatic N) is 2. The lowest BCUT2D eigenvalue weighted by Gasteiger charge is -2.41. The smallest absolute Gasteiger partial charge is 0.200 e. The highest BCUT2D eigenvalue weighted by Crippen LogP contribution is 2.42. The third-order valence-electron chi connectivity index (χ3n) is 3.59. The van der Waals surface area contributed by atoms with Crippen molar-refractivity contribution in [1.82, 2.24) is 10.2 Å². The zero-order valence-corrected chi connectivity index (χ0v) is 15.4. The van der Waals surface area contributed by atoms with Crippen LogP contribution in [0.5, 0.6) is 0 Å². The summed E-state index contributed by atoms with van der Waals surface area (Å²) < 4.78 is 7.27. The predicted molar refractivity (Wildman–Crippen MR) is 83.4 cm³/mol. The van der Waals surface area contributed by atoms with E-state index in [0.29, 0.717) is 23.2 Å². The third kappa shape index (κ3) is 3.40. The van der Waals surface area contributed by atoms with E-state index < -0.39 is 8.32 Å². The molecular formula is C12H23BrN2OSSi. The van der Waals surface area contributed by atoms with E-state index in [1.54, 1.807) is 11.3 Å². The number of hydrogen-bond donors (Lipinski definition) is 0. The van der Waals surface area contributed by atoms with Crippen molar-refractivity contribution in [3.8, 4) is 0 Å². The normalized spacial score (nSPS) is 13.0. The number of hydrogen-bond acceptors (Lipinski definition) is 4. The van der Waals surface area contributed by atoms with Crippen LogP contribution in [0.25, 0.3) is 0 Å². The summed E-state index contributed by atoms with van der Waals surface area (Å²) in [6.07, 6.45) is 0. The first-order valence-electron chi connectivity index (χ1n) is 6.42. The molecule has 1 aromatic rings. The van der Waals surface area contributed by atoms with Gasteiger partial charge in [-0.2, -0.15) is 0 Å². The number of rotatable bonds is 6. The van der Waals surface area contributed by atoms with Gasteiger partial charge in [0, 0.05) is 0 Å². The van der Waals surface area contributed by atoms with Crippen molar-refractivity contribution in [2.24, 2.45) is 0 Å². The Morgan fingerprint density at radius 2 is 1.56 bits per heavy atom. The summed E-state index contributed by atoms with van der Waals surface area (Å²) in [5, 5.41) is 9.05. The Bertz CT molecular complexity index is 360. The second-order valence-corrected chi connectivity index (χ2v) is 13.4. The molecule has 0 fully saturated rings. The molecular weight excluding hydrogens is 328 g/mol. The maximum atomic E-state index is 6.44. The molecule has 1 rings (SSSR count). The van der Waals surface area contributed by atoms with Gasteiger partial charge >= 0.3 is 0 Å². The lowest BCUT2D eigenvalue weighted by Crippen LogP contribution is -2.47. The average molecular weight is 351 g/mol. The molecule has 0 radical (unpaired) electrons. The van der Waals surface area contributed by atoms with Crippen LogP contribution in [-0.4, -0.2) is 18.5 Å². The van der Waals surface area contributed by atoms with Crippen molar-refractivity contribution in [3.63, 3.8) is 0 Å². The Balaban J connectivity index is 2.85. The van der Waals surface area contributed by atoms with Crippen LogP contribution in [0.15, 0.2) is 3.92 Å². The minimum absolute atomic E-state index is 0.601. The molecule has 0 amide bonds. The molecule has 0 aromatic carbocycles. The van der Waals surface area contributed by atoms with Gasteiger partial charge in [0.25, 0.3) is 0 Å². The first kappa shape index (κ1) is 16.3. The summed E-state index contributed by atoms with van der Waals surface area (Å²) in [6.45, 7) is 14.4. The van der Waals surface area contributed by atoms with E-state index >= 15 is 0 Å². The molecule has 104 valence electrons. The molecule has 3 nitrogen and oxygen atoms in total. The van der Waals surface area contributed by atoms with Gasteiger partial charge < -0.3 is 4.43 Å². The van der Waals surface area contributed by atoms with Crippen molar-refractivity contribution in [3.05, 3.63) is 8.92 Å². The lowest BCUT2D eigenvalue weighted by molar-refractivity contribution is 0.264. The molecule has 0 aliphatic heterocycles. The highest BCUT2D eigenvalue weighted by Gasteiger charge is 2.45. The van der Waals surface area contributed by atoms with Crippen molar-refractivity contribution in [1.29, 1.82) is 0 Å². The Kier molecular flexibility index (Phi) is 5.96. The van der Waals surface area contributed by atoms with Gasteiger partial charge in [0.05, 0.1) is 6.61 Å². The van der Waals surface area contributed by atoms with Gasteiger partial charge in [0.1, 0.15) is 5.01 Å². The molecule has 6 heteroatoms. The predicted octanol–water partition coefficient (Wildman–Crippen LogP) is 4.99. The van der Waals surface area contributed by atoms with E-state index in [1.165, 1.54) is 0 Å². The van der Waals surface area contributed by atoms with Crippen molar-refractivity contribution in [2.75, 3.05) is 0 Å². The Hall–Kier alpha value is 0.217. The second kappa shape index (κ2) is 6.59. The second-order valence-electron chi connectivity index (χ2n) is 5.56. The maximum absolute atomic E-state index is 6.44. The van der Waals surface area contributed by atoms with Crippen LogP contribution in [0, 0.1) is 0 Å². The molecule has 0 N–H and O–H groups in total. The van der Waals surface area contributed by atoms with Crippen LogP contribution >= 0.6 is 27.3 Å². The summed E-state index contributed by atoms with van der Waals surface area (Å²) in [5.74, 6) is 0. The van der Waals surface area contributed by atoms with Crippen LogP contribution in [0.2, 0.25) is 16.6 Å². The zero-order valence-electron chi connectivity index (χ0n) is 12.0. The summed E-state index contributed by atoms with van der Waals surface area (Å²) in [6, 6.07) is 0. The molecule has 18 heavy (non-hydrogen) atoms. The van der Waals surface area contributed by atoms with Gasteiger partial charge in [0.2, 0.25) is 8.32 Å². The van der Waals surface area contributed by atoms with E-state index in [2.05, 4.69) is 67.7 Å². The van der Waals surface area contributed by atoms with E-state index in [1.807, 2.05) is 0 Å². The van der Waals surface area contributed by atoms with Gasteiger partial charge in [0.15, 0.2) is 3.92 Å². The average Bonchev–Trinajstić information content (AvgIpc) is 2.63. The summed E-state index contributed by atoms with van der Waals surface area (Å²) in [7, 11) is -1.78.